The molecule has 1 aromatic carbocycles. The summed E-state index contributed by atoms with van der Waals surface area (Å²) in [4.78, 5) is 11.6. The van der Waals surface area contributed by atoms with Gasteiger partial charge in [0.15, 0.2) is 0 Å². The van der Waals surface area contributed by atoms with Crippen molar-refractivity contribution in [1.82, 2.24) is 5.32 Å². The third-order valence-corrected chi connectivity index (χ3v) is 3.60. The zero-order chi connectivity index (χ0) is 14.8. The summed E-state index contributed by atoms with van der Waals surface area (Å²) in [6, 6.07) is 8.72. The molecule has 0 heterocycles. The molecule has 110 valence electrons. The van der Waals surface area contributed by atoms with Crippen LogP contribution in [0.15, 0.2) is 28.7 Å². The van der Waals surface area contributed by atoms with Gasteiger partial charge in [-0.3, -0.25) is 0 Å². The lowest BCUT2D eigenvalue weighted by Crippen LogP contribution is -2.50. The second kappa shape index (κ2) is 6.04. The van der Waals surface area contributed by atoms with Crippen LogP contribution in [0, 0.1) is 0 Å². The molecule has 1 aliphatic carbocycles. The van der Waals surface area contributed by atoms with Crippen molar-refractivity contribution in [2.24, 2.45) is 0 Å². The lowest BCUT2D eigenvalue weighted by Gasteiger charge is -2.37. The molecule has 5 heteroatoms. The molecular formula is C15H21BrN2O2. The number of anilines is 1. The molecule has 0 aromatic heterocycles. The van der Waals surface area contributed by atoms with Crippen molar-refractivity contribution in [3.8, 4) is 0 Å². The third kappa shape index (κ3) is 4.71. The van der Waals surface area contributed by atoms with Crippen LogP contribution in [0.25, 0.3) is 0 Å². The van der Waals surface area contributed by atoms with Gasteiger partial charge in [0.2, 0.25) is 0 Å². The normalized spacial score (nSPS) is 21.8. The van der Waals surface area contributed by atoms with Gasteiger partial charge in [0.1, 0.15) is 5.60 Å². The largest absolute Gasteiger partial charge is 0.444 e. The average Bonchev–Trinajstić information content (AvgIpc) is 2.26. The molecular weight excluding hydrogens is 320 g/mol. The third-order valence-electron chi connectivity index (χ3n) is 3.07. The Kier molecular flexibility index (Phi) is 4.58. The Hall–Kier alpha value is -1.23. The predicted molar refractivity (Wildman–Crippen MR) is 83.9 cm³/mol. The van der Waals surface area contributed by atoms with Crippen molar-refractivity contribution in [1.29, 1.82) is 0 Å². The molecule has 2 N–H and O–H groups in total. The molecule has 0 atom stereocenters. The Morgan fingerprint density at radius 2 is 1.80 bits per heavy atom. The van der Waals surface area contributed by atoms with Crippen molar-refractivity contribution < 1.29 is 9.53 Å². The Balaban J connectivity index is 1.70. The number of ether oxygens (including phenoxy) is 1. The fourth-order valence-corrected chi connectivity index (χ4v) is 2.37. The summed E-state index contributed by atoms with van der Waals surface area (Å²) < 4.78 is 6.31. The van der Waals surface area contributed by atoms with Gasteiger partial charge in [-0.05, 0) is 57.9 Å². The van der Waals surface area contributed by atoms with Gasteiger partial charge in [-0.15, -0.1) is 0 Å². The van der Waals surface area contributed by atoms with Crippen LogP contribution < -0.4 is 10.6 Å². The van der Waals surface area contributed by atoms with Crippen LogP contribution >= 0.6 is 15.9 Å². The summed E-state index contributed by atoms with van der Waals surface area (Å²) in [5.41, 5.74) is 0.664. The first-order valence-electron chi connectivity index (χ1n) is 6.83. The molecule has 0 unspecified atom stereocenters. The van der Waals surface area contributed by atoms with Crippen LogP contribution in [0.4, 0.5) is 10.5 Å². The molecule has 1 saturated carbocycles. The van der Waals surface area contributed by atoms with E-state index in [2.05, 4.69) is 26.6 Å². The van der Waals surface area contributed by atoms with Crippen molar-refractivity contribution >= 4 is 27.7 Å². The van der Waals surface area contributed by atoms with E-state index >= 15 is 0 Å². The molecule has 0 saturated heterocycles. The van der Waals surface area contributed by atoms with E-state index in [4.69, 9.17) is 4.74 Å². The summed E-state index contributed by atoms with van der Waals surface area (Å²) in [5.74, 6) is 0. The maximum atomic E-state index is 11.6. The van der Waals surface area contributed by atoms with Gasteiger partial charge in [-0.2, -0.15) is 0 Å². The Bertz CT molecular complexity index is 462. The lowest BCUT2D eigenvalue weighted by molar-refractivity contribution is 0.0475. The summed E-state index contributed by atoms with van der Waals surface area (Å²) in [6.07, 6.45) is 1.52. The van der Waals surface area contributed by atoms with Crippen LogP contribution in [0.2, 0.25) is 0 Å². The van der Waals surface area contributed by atoms with Gasteiger partial charge in [0, 0.05) is 22.2 Å². The SMILES string of the molecule is CC(C)(C)OC(=O)NC1CC(Nc2ccc(Br)cc2)C1. The fourth-order valence-electron chi connectivity index (χ4n) is 2.11. The Labute approximate surface area is 128 Å². The monoisotopic (exact) mass is 340 g/mol. The summed E-state index contributed by atoms with van der Waals surface area (Å²) in [7, 11) is 0. The van der Waals surface area contributed by atoms with Crippen LogP contribution in [0.5, 0.6) is 0 Å². The number of alkyl carbamates (subject to hydrolysis) is 1. The zero-order valence-electron chi connectivity index (χ0n) is 12.1. The number of carbonyl (C=O) groups is 1. The number of halogens is 1. The second-order valence-electron chi connectivity index (χ2n) is 6.16. The molecule has 0 spiro atoms. The minimum atomic E-state index is -0.442. The van der Waals surface area contributed by atoms with Gasteiger partial charge in [-0.1, -0.05) is 15.9 Å². The standard InChI is InChI=1S/C15H21BrN2O2/c1-15(2,3)20-14(19)18-13-8-12(9-13)17-11-6-4-10(16)5-7-11/h4-7,12-13,17H,8-9H2,1-3H3,(H,18,19). The Morgan fingerprint density at radius 3 is 2.35 bits per heavy atom. The van der Waals surface area contributed by atoms with Crippen molar-refractivity contribution in [2.75, 3.05) is 5.32 Å². The van der Waals surface area contributed by atoms with E-state index < -0.39 is 5.60 Å². The lowest BCUT2D eigenvalue weighted by atomic mass is 9.86. The molecule has 0 aliphatic heterocycles. The number of hydrogen-bond acceptors (Lipinski definition) is 3. The average molecular weight is 341 g/mol. The molecule has 0 radical (unpaired) electrons. The quantitative estimate of drug-likeness (QED) is 0.876. The second-order valence-corrected chi connectivity index (χ2v) is 7.08. The smallest absolute Gasteiger partial charge is 0.407 e. The van der Waals surface area contributed by atoms with Gasteiger partial charge in [0.25, 0.3) is 0 Å². The topological polar surface area (TPSA) is 50.4 Å². The summed E-state index contributed by atoms with van der Waals surface area (Å²) in [6.45, 7) is 5.60. The van der Waals surface area contributed by atoms with Gasteiger partial charge < -0.3 is 15.4 Å². The maximum Gasteiger partial charge on any atom is 0.407 e. The molecule has 1 aliphatic rings. The highest BCUT2D eigenvalue weighted by Crippen LogP contribution is 2.25. The fraction of sp³-hybridized carbons (Fsp3) is 0.533. The first-order valence-corrected chi connectivity index (χ1v) is 7.63. The van der Waals surface area contributed by atoms with Gasteiger partial charge in [-0.25, -0.2) is 4.79 Å². The van der Waals surface area contributed by atoms with Crippen LogP contribution in [-0.2, 0) is 4.74 Å². The van der Waals surface area contributed by atoms with Crippen molar-refractivity contribution in [3.63, 3.8) is 0 Å². The first kappa shape index (κ1) is 15.2. The number of carbonyl (C=O) groups excluding carboxylic acids is 1. The van der Waals surface area contributed by atoms with Gasteiger partial charge >= 0.3 is 6.09 Å². The molecule has 4 nitrogen and oxygen atoms in total. The van der Waals surface area contributed by atoms with E-state index in [0.29, 0.717) is 6.04 Å². The minimum absolute atomic E-state index is 0.206. The first-order chi connectivity index (χ1) is 9.32. The number of rotatable bonds is 3. The Morgan fingerprint density at radius 1 is 1.20 bits per heavy atom. The van der Waals surface area contributed by atoms with E-state index in [1.165, 1.54) is 0 Å². The van der Waals surface area contributed by atoms with E-state index in [-0.39, 0.29) is 12.1 Å². The molecule has 1 aromatic rings. The molecule has 2 rings (SSSR count). The molecule has 1 amide bonds. The predicted octanol–water partition coefficient (Wildman–Crippen LogP) is 3.92. The van der Waals surface area contributed by atoms with E-state index in [1.807, 2.05) is 45.0 Å². The van der Waals surface area contributed by atoms with Crippen LogP contribution in [-0.4, -0.2) is 23.8 Å². The molecule has 0 bridgehead atoms. The van der Waals surface area contributed by atoms with Crippen molar-refractivity contribution in [2.45, 2.75) is 51.3 Å². The van der Waals surface area contributed by atoms with E-state index in [9.17, 15) is 4.79 Å². The maximum absolute atomic E-state index is 11.6. The number of hydrogen-bond donors (Lipinski definition) is 2. The number of nitrogens with one attached hydrogen (secondary N) is 2. The molecule has 1 fully saturated rings. The van der Waals surface area contributed by atoms with Crippen molar-refractivity contribution in [3.05, 3.63) is 28.7 Å². The number of benzene rings is 1. The molecule has 20 heavy (non-hydrogen) atoms. The summed E-state index contributed by atoms with van der Waals surface area (Å²) >= 11 is 3.41. The van der Waals surface area contributed by atoms with Gasteiger partial charge in [0.05, 0.1) is 0 Å². The van der Waals surface area contributed by atoms with Crippen LogP contribution in [0.1, 0.15) is 33.6 Å². The highest BCUT2D eigenvalue weighted by atomic mass is 79.9. The van der Waals surface area contributed by atoms with E-state index in [1.54, 1.807) is 0 Å². The van der Waals surface area contributed by atoms with E-state index in [0.717, 1.165) is 23.0 Å². The minimum Gasteiger partial charge on any atom is -0.444 e. The van der Waals surface area contributed by atoms with Crippen LogP contribution in [0.3, 0.4) is 0 Å². The zero-order valence-corrected chi connectivity index (χ0v) is 13.7. The highest BCUT2D eigenvalue weighted by Gasteiger charge is 2.31. The highest BCUT2D eigenvalue weighted by molar-refractivity contribution is 9.10. The summed E-state index contributed by atoms with van der Waals surface area (Å²) in [5, 5.41) is 6.33. The number of amides is 1.